The van der Waals surface area contributed by atoms with Gasteiger partial charge in [-0.05, 0) is 47.4 Å². The molecule has 0 saturated carbocycles. The fourth-order valence-corrected chi connectivity index (χ4v) is 3.78. The van der Waals surface area contributed by atoms with Crippen LogP contribution in [0.3, 0.4) is 0 Å². The van der Waals surface area contributed by atoms with Gasteiger partial charge in [-0.25, -0.2) is 4.79 Å². The lowest BCUT2D eigenvalue weighted by Crippen LogP contribution is -2.11. The molecule has 1 aliphatic heterocycles. The summed E-state index contributed by atoms with van der Waals surface area (Å²) in [7, 11) is 0. The summed E-state index contributed by atoms with van der Waals surface area (Å²) in [6.07, 6.45) is 1.28. The third-order valence-electron chi connectivity index (χ3n) is 5.76. The van der Waals surface area contributed by atoms with Crippen molar-refractivity contribution in [3.05, 3.63) is 101 Å². The molecule has 0 N–H and O–H groups in total. The van der Waals surface area contributed by atoms with E-state index in [9.17, 15) is 4.79 Å². The van der Waals surface area contributed by atoms with Gasteiger partial charge in [-0.15, -0.1) is 0 Å². The first-order valence-electron chi connectivity index (χ1n) is 11.5. The highest BCUT2D eigenvalue weighted by atomic mass is 16.7. The maximum absolute atomic E-state index is 12.2. The van der Waals surface area contributed by atoms with E-state index in [4.69, 9.17) is 18.9 Å². The Morgan fingerprint density at radius 1 is 0.939 bits per heavy atom. The first-order chi connectivity index (χ1) is 16.2. The Bertz CT molecular complexity index is 1010. The SMILES string of the molecule is CC(c1ccccc1)c1cccc(OCc2ccc(C(=O)OCCCC3OCCO3)cc2)c1. The molecule has 5 nitrogen and oxygen atoms in total. The summed E-state index contributed by atoms with van der Waals surface area (Å²) in [5.41, 5.74) is 4.01. The quantitative estimate of drug-likeness (QED) is 0.294. The van der Waals surface area contributed by atoms with E-state index in [0.717, 1.165) is 17.7 Å². The second kappa shape index (κ2) is 11.6. The standard InChI is InChI=1S/C28H30O5/c1-21(23-7-3-2-4-8-23)25-9-5-10-26(19-25)33-20-22-12-14-24(15-13-22)28(29)32-16-6-11-27-30-17-18-31-27/h2-5,7-10,12-15,19,21,27H,6,11,16-18,20H2,1H3. The van der Waals surface area contributed by atoms with Crippen molar-refractivity contribution in [3.63, 3.8) is 0 Å². The minimum atomic E-state index is -0.321. The first-order valence-corrected chi connectivity index (χ1v) is 11.5. The van der Waals surface area contributed by atoms with E-state index in [1.165, 1.54) is 11.1 Å². The third-order valence-corrected chi connectivity index (χ3v) is 5.76. The molecule has 0 radical (unpaired) electrons. The van der Waals surface area contributed by atoms with Gasteiger partial charge in [-0.3, -0.25) is 0 Å². The summed E-state index contributed by atoms with van der Waals surface area (Å²) in [6, 6.07) is 26.0. The van der Waals surface area contributed by atoms with Crippen LogP contribution in [-0.2, 0) is 20.8 Å². The second-order valence-corrected chi connectivity index (χ2v) is 8.14. The molecule has 1 heterocycles. The Balaban J connectivity index is 1.25. The zero-order chi connectivity index (χ0) is 22.9. The van der Waals surface area contributed by atoms with Gasteiger partial charge in [-0.2, -0.15) is 0 Å². The smallest absolute Gasteiger partial charge is 0.338 e. The molecule has 0 aliphatic carbocycles. The largest absolute Gasteiger partial charge is 0.489 e. The molecule has 33 heavy (non-hydrogen) atoms. The first kappa shape index (κ1) is 23.0. The highest BCUT2D eigenvalue weighted by Gasteiger charge is 2.15. The van der Waals surface area contributed by atoms with Crippen molar-refractivity contribution in [2.45, 2.75) is 38.6 Å². The number of hydrogen-bond acceptors (Lipinski definition) is 5. The van der Waals surface area contributed by atoms with Crippen molar-refractivity contribution in [3.8, 4) is 5.75 Å². The number of ether oxygens (including phenoxy) is 4. The lowest BCUT2D eigenvalue weighted by Gasteiger charge is -2.14. The Morgan fingerprint density at radius 2 is 1.67 bits per heavy atom. The molecule has 1 atom stereocenters. The number of rotatable bonds is 10. The maximum atomic E-state index is 12.2. The lowest BCUT2D eigenvalue weighted by molar-refractivity contribution is -0.0505. The van der Waals surface area contributed by atoms with Crippen molar-refractivity contribution in [2.75, 3.05) is 19.8 Å². The predicted molar refractivity (Wildman–Crippen MR) is 126 cm³/mol. The fraction of sp³-hybridized carbons (Fsp3) is 0.321. The molecule has 5 heteroatoms. The van der Waals surface area contributed by atoms with E-state index >= 15 is 0 Å². The van der Waals surface area contributed by atoms with Crippen LogP contribution in [-0.4, -0.2) is 32.1 Å². The average Bonchev–Trinajstić information content (AvgIpc) is 3.39. The minimum Gasteiger partial charge on any atom is -0.489 e. The molecule has 3 aromatic carbocycles. The van der Waals surface area contributed by atoms with Gasteiger partial charge >= 0.3 is 5.97 Å². The zero-order valence-electron chi connectivity index (χ0n) is 18.9. The molecule has 1 unspecified atom stereocenters. The van der Waals surface area contributed by atoms with Gasteiger partial charge < -0.3 is 18.9 Å². The molecule has 172 valence electrons. The van der Waals surface area contributed by atoms with Crippen molar-refractivity contribution < 1.29 is 23.7 Å². The summed E-state index contributed by atoms with van der Waals surface area (Å²) in [6.45, 7) is 4.25. The van der Waals surface area contributed by atoms with Crippen LogP contribution >= 0.6 is 0 Å². The Morgan fingerprint density at radius 3 is 2.42 bits per heavy atom. The van der Waals surface area contributed by atoms with Gasteiger partial charge in [0.15, 0.2) is 6.29 Å². The summed E-state index contributed by atoms with van der Waals surface area (Å²) >= 11 is 0. The van der Waals surface area contributed by atoms with Crippen molar-refractivity contribution >= 4 is 5.97 Å². The van der Waals surface area contributed by atoms with E-state index in [1.807, 2.05) is 30.3 Å². The zero-order valence-corrected chi connectivity index (χ0v) is 18.9. The monoisotopic (exact) mass is 446 g/mol. The van der Waals surface area contributed by atoms with Gasteiger partial charge in [0.25, 0.3) is 0 Å². The number of carbonyl (C=O) groups excluding carboxylic acids is 1. The van der Waals surface area contributed by atoms with E-state index < -0.39 is 0 Å². The maximum Gasteiger partial charge on any atom is 0.338 e. The third kappa shape index (κ3) is 6.67. The molecule has 1 fully saturated rings. The van der Waals surface area contributed by atoms with Crippen LogP contribution in [0.25, 0.3) is 0 Å². The molecule has 3 aromatic rings. The van der Waals surface area contributed by atoms with Crippen molar-refractivity contribution in [1.29, 1.82) is 0 Å². The highest BCUT2D eigenvalue weighted by molar-refractivity contribution is 5.89. The van der Waals surface area contributed by atoms with Crippen molar-refractivity contribution in [1.82, 2.24) is 0 Å². The van der Waals surface area contributed by atoms with Crippen LogP contribution in [0.4, 0.5) is 0 Å². The number of carbonyl (C=O) groups is 1. The Labute approximate surface area is 195 Å². The fourth-order valence-electron chi connectivity index (χ4n) is 3.78. The molecule has 1 saturated heterocycles. The average molecular weight is 447 g/mol. The summed E-state index contributed by atoms with van der Waals surface area (Å²) in [5, 5.41) is 0. The lowest BCUT2D eigenvalue weighted by atomic mass is 9.93. The summed E-state index contributed by atoms with van der Waals surface area (Å²) in [4.78, 5) is 12.2. The molecule has 0 spiro atoms. The molecule has 0 bridgehead atoms. The van der Waals surface area contributed by atoms with Crippen LogP contribution in [0.15, 0.2) is 78.9 Å². The number of esters is 1. The topological polar surface area (TPSA) is 54.0 Å². The summed E-state index contributed by atoms with van der Waals surface area (Å²) < 4.78 is 22.1. The summed E-state index contributed by atoms with van der Waals surface area (Å²) in [5.74, 6) is 0.797. The van der Waals surface area contributed by atoms with Crippen LogP contribution in [0.5, 0.6) is 5.75 Å². The minimum absolute atomic E-state index is 0.162. The molecular formula is C28H30O5. The van der Waals surface area contributed by atoms with Gasteiger partial charge in [0.2, 0.25) is 0 Å². The molecule has 0 amide bonds. The second-order valence-electron chi connectivity index (χ2n) is 8.14. The van der Waals surface area contributed by atoms with E-state index in [0.29, 0.717) is 44.3 Å². The van der Waals surface area contributed by atoms with Gasteiger partial charge in [0.05, 0.1) is 25.4 Å². The number of hydrogen-bond donors (Lipinski definition) is 0. The number of benzene rings is 3. The highest BCUT2D eigenvalue weighted by Crippen LogP contribution is 2.27. The van der Waals surface area contributed by atoms with E-state index in [2.05, 4.69) is 43.3 Å². The molecule has 0 aromatic heterocycles. The van der Waals surface area contributed by atoms with Crippen LogP contribution in [0.1, 0.15) is 52.7 Å². The molecular weight excluding hydrogens is 416 g/mol. The van der Waals surface area contributed by atoms with E-state index in [1.54, 1.807) is 12.1 Å². The van der Waals surface area contributed by atoms with Crippen molar-refractivity contribution in [2.24, 2.45) is 0 Å². The predicted octanol–water partition coefficient (Wildman–Crippen LogP) is 5.73. The normalized spacial score (nSPS) is 14.7. The van der Waals surface area contributed by atoms with Gasteiger partial charge in [-0.1, -0.05) is 61.5 Å². The Hall–Kier alpha value is -3.15. The van der Waals surface area contributed by atoms with Gasteiger partial charge in [0.1, 0.15) is 12.4 Å². The van der Waals surface area contributed by atoms with Crippen LogP contribution < -0.4 is 4.74 Å². The molecule has 1 aliphatic rings. The van der Waals surface area contributed by atoms with E-state index in [-0.39, 0.29) is 12.3 Å². The van der Waals surface area contributed by atoms with Crippen LogP contribution in [0, 0.1) is 0 Å². The Kier molecular flexibility index (Phi) is 8.12. The molecule has 4 rings (SSSR count). The van der Waals surface area contributed by atoms with Crippen LogP contribution in [0.2, 0.25) is 0 Å². The van der Waals surface area contributed by atoms with Gasteiger partial charge in [0, 0.05) is 12.3 Å².